The summed E-state index contributed by atoms with van der Waals surface area (Å²) < 4.78 is 16.2. The van der Waals surface area contributed by atoms with Crippen molar-refractivity contribution >= 4 is 6.09 Å². The highest BCUT2D eigenvalue weighted by Crippen LogP contribution is 2.33. The molecular weight excluding hydrogens is 322 g/mol. The molecule has 1 aliphatic rings. The lowest BCUT2D eigenvalue weighted by Crippen LogP contribution is -2.27. The molecule has 7 heteroatoms. The lowest BCUT2D eigenvalue weighted by molar-refractivity contribution is 0.144. The Labute approximate surface area is 146 Å². The molecule has 7 nitrogen and oxygen atoms in total. The molecule has 2 N–H and O–H groups in total. The van der Waals surface area contributed by atoms with Crippen molar-refractivity contribution in [2.45, 2.75) is 26.2 Å². The molecule has 0 atom stereocenters. The first-order valence-electron chi connectivity index (χ1n) is 8.61. The first-order valence-corrected chi connectivity index (χ1v) is 8.61. The number of carbonyl (C=O) groups excluding carboxylic acids is 1. The van der Waals surface area contributed by atoms with Gasteiger partial charge in [-0.2, -0.15) is 0 Å². The van der Waals surface area contributed by atoms with Gasteiger partial charge in [-0.05, 0) is 24.6 Å². The number of ether oxygens (including phenoxy) is 3. The molecule has 25 heavy (non-hydrogen) atoms. The van der Waals surface area contributed by atoms with Crippen LogP contribution < -0.4 is 14.8 Å². The number of aromatic nitrogens is 2. The molecule has 2 heterocycles. The van der Waals surface area contributed by atoms with Gasteiger partial charge in [-0.25, -0.2) is 9.78 Å². The van der Waals surface area contributed by atoms with Crippen LogP contribution in [0.3, 0.4) is 0 Å². The van der Waals surface area contributed by atoms with Crippen molar-refractivity contribution in [1.29, 1.82) is 0 Å². The number of benzene rings is 1. The number of alkyl carbamates (subject to hydrolysis) is 1. The second-order valence-corrected chi connectivity index (χ2v) is 5.76. The predicted octanol–water partition coefficient (Wildman–Crippen LogP) is 2.92. The maximum absolute atomic E-state index is 11.5. The molecule has 0 aliphatic carbocycles. The van der Waals surface area contributed by atoms with E-state index in [9.17, 15) is 4.79 Å². The molecule has 2 aromatic rings. The van der Waals surface area contributed by atoms with Crippen LogP contribution in [0.1, 0.15) is 25.6 Å². The molecule has 0 saturated carbocycles. The third kappa shape index (κ3) is 4.65. The second-order valence-electron chi connectivity index (χ2n) is 5.76. The molecule has 0 unspecified atom stereocenters. The van der Waals surface area contributed by atoms with E-state index in [2.05, 4.69) is 22.2 Å². The predicted molar refractivity (Wildman–Crippen MR) is 93.0 cm³/mol. The first-order chi connectivity index (χ1) is 12.3. The summed E-state index contributed by atoms with van der Waals surface area (Å²) in [6.07, 6.45) is 3.95. The molecule has 1 aromatic heterocycles. The zero-order chi connectivity index (χ0) is 17.5. The molecular formula is C18H23N3O4. The van der Waals surface area contributed by atoms with Gasteiger partial charge in [0.05, 0.1) is 12.3 Å². The number of unbranched alkanes of at least 4 members (excludes halogenated alkanes) is 1. The summed E-state index contributed by atoms with van der Waals surface area (Å²) in [5.41, 5.74) is 1.79. The van der Waals surface area contributed by atoms with E-state index in [-0.39, 0.29) is 6.09 Å². The van der Waals surface area contributed by atoms with Crippen LogP contribution in [0.4, 0.5) is 4.79 Å². The highest BCUT2D eigenvalue weighted by Gasteiger charge is 2.13. The third-order valence-electron chi connectivity index (χ3n) is 3.83. The summed E-state index contributed by atoms with van der Waals surface area (Å²) in [6, 6.07) is 5.78. The summed E-state index contributed by atoms with van der Waals surface area (Å²) >= 11 is 0. The number of H-pyrrole nitrogens is 1. The molecule has 1 aliphatic heterocycles. The van der Waals surface area contributed by atoms with Gasteiger partial charge in [0.15, 0.2) is 11.5 Å². The Morgan fingerprint density at radius 3 is 3.00 bits per heavy atom. The maximum atomic E-state index is 11.5. The Morgan fingerprint density at radius 1 is 1.32 bits per heavy atom. The smallest absolute Gasteiger partial charge is 0.407 e. The minimum absolute atomic E-state index is 0.382. The van der Waals surface area contributed by atoms with E-state index in [1.807, 2.05) is 24.4 Å². The van der Waals surface area contributed by atoms with Gasteiger partial charge in [0.25, 0.3) is 0 Å². The number of imidazole rings is 1. The van der Waals surface area contributed by atoms with E-state index in [1.165, 1.54) is 0 Å². The summed E-state index contributed by atoms with van der Waals surface area (Å²) in [6.45, 7) is 4.11. The molecule has 0 saturated heterocycles. The fraction of sp³-hybridized carbons (Fsp3) is 0.444. The topological polar surface area (TPSA) is 85.5 Å². The van der Waals surface area contributed by atoms with Crippen LogP contribution in [0.2, 0.25) is 0 Å². The van der Waals surface area contributed by atoms with Crippen LogP contribution in [-0.4, -0.2) is 42.4 Å². The molecule has 1 aromatic carbocycles. The van der Waals surface area contributed by atoms with Crippen LogP contribution in [0.25, 0.3) is 11.3 Å². The molecule has 0 bridgehead atoms. The largest absolute Gasteiger partial charge is 0.486 e. The second kappa shape index (κ2) is 8.41. The van der Waals surface area contributed by atoms with Crippen LogP contribution in [0.5, 0.6) is 11.5 Å². The highest BCUT2D eigenvalue weighted by atomic mass is 16.6. The van der Waals surface area contributed by atoms with Crippen molar-refractivity contribution in [2.75, 3.05) is 26.4 Å². The Bertz CT molecular complexity index is 714. The van der Waals surface area contributed by atoms with Gasteiger partial charge in [-0.15, -0.1) is 0 Å². The van der Waals surface area contributed by atoms with Gasteiger partial charge in [-0.1, -0.05) is 13.3 Å². The van der Waals surface area contributed by atoms with Crippen LogP contribution in [0.15, 0.2) is 24.4 Å². The minimum Gasteiger partial charge on any atom is -0.486 e. The number of amides is 1. The molecule has 0 radical (unpaired) electrons. The molecule has 0 fully saturated rings. The summed E-state index contributed by atoms with van der Waals surface area (Å²) in [5.74, 6) is 2.31. The first kappa shape index (κ1) is 17.1. The Kier molecular flexibility index (Phi) is 5.77. The molecule has 134 valence electrons. The van der Waals surface area contributed by atoms with E-state index in [1.54, 1.807) is 0 Å². The normalized spacial score (nSPS) is 12.7. The standard InChI is InChI=1S/C18H23N3O4/c1-2-3-8-25-18(22)19-7-6-17-20-12-14(21-17)13-4-5-15-16(11-13)24-10-9-23-15/h4-5,11-12H,2-3,6-10H2,1H3,(H,19,22)(H,20,21). The van der Waals surface area contributed by atoms with E-state index < -0.39 is 0 Å². The fourth-order valence-corrected chi connectivity index (χ4v) is 2.48. The minimum atomic E-state index is -0.382. The lowest BCUT2D eigenvalue weighted by Gasteiger charge is -2.18. The number of hydrogen-bond donors (Lipinski definition) is 2. The van der Waals surface area contributed by atoms with Crippen molar-refractivity contribution in [3.63, 3.8) is 0 Å². The Morgan fingerprint density at radius 2 is 2.16 bits per heavy atom. The number of nitrogens with one attached hydrogen (secondary N) is 2. The van der Waals surface area contributed by atoms with Gasteiger partial charge in [-0.3, -0.25) is 0 Å². The average molecular weight is 345 g/mol. The molecule has 1 amide bonds. The van der Waals surface area contributed by atoms with E-state index in [0.717, 1.165) is 41.4 Å². The average Bonchev–Trinajstić information content (AvgIpc) is 3.10. The van der Waals surface area contributed by atoms with Gasteiger partial charge in [0, 0.05) is 24.7 Å². The van der Waals surface area contributed by atoms with Crippen molar-refractivity contribution in [3.8, 4) is 22.8 Å². The van der Waals surface area contributed by atoms with Crippen molar-refractivity contribution < 1.29 is 19.0 Å². The number of fused-ring (bicyclic) bond motifs is 1. The van der Waals surface area contributed by atoms with Gasteiger partial charge in [0.2, 0.25) is 0 Å². The fourth-order valence-electron chi connectivity index (χ4n) is 2.48. The summed E-state index contributed by atoms with van der Waals surface area (Å²) in [5, 5.41) is 2.72. The SMILES string of the molecule is CCCCOC(=O)NCCc1nc(-c2ccc3c(c2)OCCO3)c[nH]1. The number of hydrogen-bond acceptors (Lipinski definition) is 5. The van der Waals surface area contributed by atoms with E-state index in [0.29, 0.717) is 32.8 Å². The van der Waals surface area contributed by atoms with Crippen LogP contribution >= 0.6 is 0 Å². The van der Waals surface area contributed by atoms with Crippen molar-refractivity contribution in [2.24, 2.45) is 0 Å². The highest BCUT2D eigenvalue weighted by molar-refractivity contribution is 5.67. The van der Waals surface area contributed by atoms with E-state index in [4.69, 9.17) is 14.2 Å². The maximum Gasteiger partial charge on any atom is 0.407 e. The summed E-state index contributed by atoms with van der Waals surface area (Å²) in [4.78, 5) is 19.2. The Hall–Kier alpha value is -2.70. The monoisotopic (exact) mass is 345 g/mol. The number of aromatic amines is 1. The zero-order valence-electron chi connectivity index (χ0n) is 14.3. The number of carbonyl (C=O) groups is 1. The summed E-state index contributed by atoms with van der Waals surface area (Å²) in [7, 11) is 0. The molecule has 0 spiro atoms. The lowest BCUT2D eigenvalue weighted by atomic mass is 10.1. The number of nitrogens with zero attached hydrogens (tertiary/aromatic N) is 1. The number of rotatable bonds is 7. The van der Waals surface area contributed by atoms with Crippen molar-refractivity contribution in [3.05, 3.63) is 30.2 Å². The molecule has 3 rings (SSSR count). The van der Waals surface area contributed by atoms with Gasteiger partial charge >= 0.3 is 6.09 Å². The zero-order valence-corrected chi connectivity index (χ0v) is 14.3. The Balaban J connectivity index is 1.51. The quantitative estimate of drug-likeness (QED) is 0.754. The third-order valence-corrected chi connectivity index (χ3v) is 3.83. The van der Waals surface area contributed by atoms with Crippen molar-refractivity contribution in [1.82, 2.24) is 15.3 Å². The van der Waals surface area contributed by atoms with Crippen LogP contribution in [-0.2, 0) is 11.2 Å². The van der Waals surface area contributed by atoms with Gasteiger partial charge < -0.3 is 24.5 Å². The van der Waals surface area contributed by atoms with Crippen LogP contribution in [0, 0.1) is 0 Å². The van der Waals surface area contributed by atoms with E-state index >= 15 is 0 Å². The van der Waals surface area contributed by atoms with Gasteiger partial charge in [0.1, 0.15) is 19.0 Å².